The molecule has 1 aliphatic heterocycles. The number of aromatic amines is 1. The predicted octanol–water partition coefficient (Wildman–Crippen LogP) is 0.893. The van der Waals surface area contributed by atoms with Crippen LogP contribution in [0.15, 0.2) is 41.4 Å². The van der Waals surface area contributed by atoms with Crippen LogP contribution in [-0.2, 0) is 12.8 Å². The zero-order valence-electron chi connectivity index (χ0n) is 11.1. The molecule has 0 amide bonds. The smallest absolute Gasteiger partial charge is 0.251 e. The van der Waals surface area contributed by atoms with Gasteiger partial charge >= 0.3 is 0 Å². The fraction of sp³-hybridized carbons (Fsp3) is 0.400. The summed E-state index contributed by atoms with van der Waals surface area (Å²) < 4.78 is 0. The van der Waals surface area contributed by atoms with Gasteiger partial charge in [0.2, 0.25) is 0 Å². The summed E-state index contributed by atoms with van der Waals surface area (Å²) in [4.78, 5) is 14.7. The molecule has 2 rings (SSSR count). The molecule has 19 heavy (non-hydrogen) atoms. The van der Waals surface area contributed by atoms with Crippen molar-refractivity contribution in [1.29, 1.82) is 0 Å². The first-order valence-electron chi connectivity index (χ1n) is 6.74. The molecule has 1 atom stereocenters. The molecular weight excluding hydrogens is 238 g/mol. The number of aromatic nitrogens is 1. The molecule has 0 spiro atoms. The van der Waals surface area contributed by atoms with Gasteiger partial charge in [-0.1, -0.05) is 24.3 Å². The Bertz CT molecular complexity index is 516. The van der Waals surface area contributed by atoms with E-state index in [1.54, 1.807) is 6.20 Å². The van der Waals surface area contributed by atoms with Gasteiger partial charge in [0.25, 0.3) is 5.56 Å². The fourth-order valence-corrected chi connectivity index (χ4v) is 2.35. The molecule has 102 valence electrons. The van der Waals surface area contributed by atoms with Crippen LogP contribution >= 0.6 is 0 Å². The minimum atomic E-state index is 0.00511. The van der Waals surface area contributed by atoms with Crippen molar-refractivity contribution in [3.8, 4) is 0 Å². The third-order valence-corrected chi connectivity index (χ3v) is 3.36. The lowest BCUT2D eigenvalue weighted by Crippen LogP contribution is -2.34. The topological polar surface area (TPSA) is 70.9 Å². The number of pyridine rings is 1. The molecular formula is C15H21N3O. The molecule has 4 N–H and O–H groups in total. The van der Waals surface area contributed by atoms with E-state index < -0.39 is 0 Å². The Morgan fingerprint density at radius 2 is 2.26 bits per heavy atom. The summed E-state index contributed by atoms with van der Waals surface area (Å²) in [5.74, 6) is 0. The van der Waals surface area contributed by atoms with Crippen LogP contribution in [0.3, 0.4) is 0 Å². The number of hydrogen-bond acceptors (Lipinski definition) is 3. The summed E-state index contributed by atoms with van der Waals surface area (Å²) in [6.45, 7) is 1.42. The molecule has 4 nitrogen and oxygen atoms in total. The van der Waals surface area contributed by atoms with Crippen molar-refractivity contribution >= 4 is 0 Å². The van der Waals surface area contributed by atoms with Gasteiger partial charge in [-0.05, 0) is 30.9 Å². The Morgan fingerprint density at radius 1 is 1.37 bits per heavy atom. The van der Waals surface area contributed by atoms with Gasteiger partial charge in [0.05, 0.1) is 0 Å². The molecule has 0 saturated carbocycles. The van der Waals surface area contributed by atoms with Crippen LogP contribution in [0.2, 0.25) is 0 Å². The minimum absolute atomic E-state index is 0.00511. The molecule has 1 aromatic heterocycles. The highest BCUT2D eigenvalue weighted by atomic mass is 16.1. The molecule has 2 heterocycles. The lowest BCUT2D eigenvalue weighted by atomic mass is 9.97. The van der Waals surface area contributed by atoms with Crippen LogP contribution < -0.4 is 16.6 Å². The lowest BCUT2D eigenvalue weighted by molar-refractivity contribution is 0.523. The van der Waals surface area contributed by atoms with E-state index in [1.807, 2.05) is 18.2 Å². The fourth-order valence-electron chi connectivity index (χ4n) is 2.35. The second-order valence-electron chi connectivity index (χ2n) is 4.74. The van der Waals surface area contributed by atoms with E-state index in [2.05, 4.69) is 22.5 Å². The van der Waals surface area contributed by atoms with Gasteiger partial charge in [-0.15, -0.1) is 0 Å². The average Bonchev–Trinajstić information content (AvgIpc) is 2.43. The van der Waals surface area contributed by atoms with Crippen LogP contribution in [0, 0.1) is 0 Å². The number of H-pyrrole nitrogens is 1. The number of nitrogens with one attached hydrogen (secondary N) is 2. The highest BCUT2D eigenvalue weighted by Gasteiger charge is 2.13. The van der Waals surface area contributed by atoms with Crippen molar-refractivity contribution in [1.82, 2.24) is 10.3 Å². The van der Waals surface area contributed by atoms with Gasteiger partial charge in [0.15, 0.2) is 0 Å². The van der Waals surface area contributed by atoms with E-state index in [0.29, 0.717) is 19.0 Å². The van der Waals surface area contributed by atoms with Crippen LogP contribution in [0.4, 0.5) is 0 Å². The van der Waals surface area contributed by atoms with Crippen molar-refractivity contribution in [2.45, 2.75) is 25.3 Å². The Hall–Kier alpha value is -1.65. The monoisotopic (exact) mass is 259 g/mol. The van der Waals surface area contributed by atoms with Crippen molar-refractivity contribution in [2.75, 3.05) is 13.1 Å². The molecule has 0 bridgehead atoms. The summed E-state index contributed by atoms with van der Waals surface area (Å²) in [6, 6.07) is 2.43. The molecule has 0 aliphatic carbocycles. The Labute approximate surface area is 113 Å². The molecule has 1 aliphatic rings. The van der Waals surface area contributed by atoms with Crippen LogP contribution in [-0.4, -0.2) is 24.1 Å². The molecule has 0 saturated heterocycles. The van der Waals surface area contributed by atoms with Gasteiger partial charge in [-0.2, -0.15) is 0 Å². The Kier molecular flexibility index (Phi) is 5.12. The first-order chi connectivity index (χ1) is 9.31. The lowest BCUT2D eigenvalue weighted by Gasteiger charge is -2.20. The van der Waals surface area contributed by atoms with Gasteiger partial charge < -0.3 is 16.0 Å². The summed E-state index contributed by atoms with van der Waals surface area (Å²) in [7, 11) is 0. The van der Waals surface area contributed by atoms with Crippen molar-refractivity contribution in [2.24, 2.45) is 5.73 Å². The first-order valence-corrected chi connectivity index (χ1v) is 6.74. The van der Waals surface area contributed by atoms with Crippen molar-refractivity contribution < 1.29 is 0 Å². The second kappa shape index (κ2) is 7.07. The third kappa shape index (κ3) is 3.91. The van der Waals surface area contributed by atoms with Crippen molar-refractivity contribution in [3.63, 3.8) is 0 Å². The summed E-state index contributed by atoms with van der Waals surface area (Å²) in [5, 5.41) is 3.44. The first kappa shape index (κ1) is 13.8. The highest BCUT2D eigenvalue weighted by molar-refractivity contribution is 5.27. The Morgan fingerprint density at radius 3 is 3.00 bits per heavy atom. The van der Waals surface area contributed by atoms with Crippen LogP contribution in [0.1, 0.15) is 17.5 Å². The van der Waals surface area contributed by atoms with E-state index >= 15 is 0 Å². The van der Waals surface area contributed by atoms with Crippen molar-refractivity contribution in [3.05, 3.63) is 58.0 Å². The standard InChI is InChI=1S/C15H21N3O/c16-8-3-1-6-14-12(7-10-18-15(14)19)11-13-5-2-4-9-17-13/h1-4,7,10,13,17H,5-6,8-9,11,16H2,(H,18,19). The van der Waals surface area contributed by atoms with Gasteiger partial charge in [0, 0.05) is 30.9 Å². The average molecular weight is 259 g/mol. The van der Waals surface area contributed by atoms with E-state index in [4.69, 9.17) is 5.73 Å². The van der Waals surface area contributed by atoms with Gasteiger partial charge in [-0.25, -0.2) is 0 Å². The largest absolute Gasteiger partial charge is 0.329 e. The van der Waals surface area contributed by atoms with E-state index in [-0.39, 0.29) is 5.56 Å². The number of nitrogens with two attached hydrogens (primary N) is 1. The second-order valence-corrected chi connectivity index (χ2v) is 4.74. The maximum atomic E-state index is 11.9. The maximum Gasteiger partial charge on any atom is 0.251 e. The predicted molar refractivity (Wildman–Crippen MR) is 78.2 cm³/mol. The number of rotatable bonds is 5. The summed E-state index contributed by atoms with van der Waals surface area (Å²) in [6.07, 6.45) is 12.5. The van der Waals surface area contributed by atoms with E-state index in [9.17, 15) is 4.79 Å². The molecule has 1 aromatic rings. The SMILES string of the molecule is NCC=CCc1c(CC2CC=CCN2)cc[nH]c1=O. The number of allylic oxidation sites excluding steroid dienone is 1. The molecule has 4 heteroatoms. The highest BCUT2D eigenvalue weighted by Crippen LogP contribution is 2.11. The maximum absolute atomic E-state index is 11.9. The molecule has 0 radical (unpaired) electrons. The molecule has 1 unspecified atom stereocenters. The van der Waals surface area contributed by atoms with E-state index in [0.717, 1.165) is 30.5 Å². The molecule has 0 fully saturated rings. The van der Waals surface area contributed by atoms with Gasteiger partial charge in [0.1, 0.15) is 0 Å². The summed E-state index contributed by atoms with van der Waals surface area (Å²) >= 11 is 0. The number of hydrogen-bond donors (Lipinski definition) is 3. The zero-order valence-corrected chi connectivity index (χ0v) is 11.1. The van der Waals surface area contributed by atoms with E-state index in [1.165, 1.54) is 0 Å². The van der Waals surface area contributed by atoms with Crippen LogP contribution in [0.5, 0.6) is 0 Å². The quantitative estimate of drug-likeness (QED) is 0.688. The zero-order chi connectivity index (χ0) is 13.5. The van der Waals surface area contributed by atoms with Gasteiger partial charge in [-0.3, -0.25) is 4.79 Å². The minimum Gasteiger partial charge on any atom is -0.329 e. The third-order valence-electron chi connectivity index (χ3n) is 3.36. The summed E-state index contributed by atoms with van der Waals surface area (Å²) in [5.41, 5.74) is 7.41. The van der Waals surface area contributed by atoms with Crippen LogP contribution in [0.25, 0.3) is 0 Å². The normalized spacial score (nSPS) is 19.1. The Balaban J connectivity index is 2.14. The molecule has 0 aromatic carbocycles.